The Hall–Kier alpha value is -1.42. The van der Waals surface area contributed by atoms with Crippen molar-refractivity contribution in [1.82, 2.24) is 5.32 Å². The Morgan fingerprint density at radius 2 is 2.11 bits per heavy atom. The van der Waals surface area contributed by atoms with Gasteiger partial charge in [-0.25, -0.2) is 13.6 Å². The molecule has 0 saturated carbocycles. The van der Waals surface area contributed by atoms with Gasteiger partial charge in [0, 0.05) is 12.6 Å². The molecule has 104 valence electrons. The standard InChI is InChI=1S/C13H19N3O2S/c1-10(16-9-13(2,3)8-14)11-5-4-6-12(7-11)19(15,17)18/h4-7,10,16H,9H2,1-3H3,(H2,15,17,18). The van der Waals surface area contributed by atoms with E-state index in [0.29, 0.717) is 6.54 Å². The molecule has 0 bridgehead atoms. The monoisotopic (exact) mass is 281 g/mol. The van der Waals surface area contributed by atoms with Crippen LogP contribution in [0.15, 0.2) is 29.2 Å². The van der Waals surface area contributed by atoms with Crippen LogP contribution in [0.5, 0.6) is 0 Å². The van der Waals surface area contributed by atoms with Crippen LogP contribution < -0.4 is 10.5 Å². The molecule has 0 heterocycles. The van der Waals surface area contributed by atoms with Crippen molar-refractivity contribution in [3.63, 3.8) is 0 Å². The molecule has 19 heavy (non-hydrogen) atoms. The first-order chi connectivity index (χ1) is 8.65. The highest BCUT2D eigenvalue weighted by molar-refractivity contribution is 7.89. The quantitative estimate of drug-likeness (QED) is 0.855. The van der Waals surface area contributed by atoms with Crippen molar-refractivity contribution >= 4 is 10.0 Å². The maximum Gasteiger partial charge on any atom is 0.238 e. The fourth-order valence-corrected chi connectivity index (χ4v) is 2.10. The summed E-state index contributed by atoms with van der Waals surface area (Å²) in [4.78, 5) is 0.0955. The predicted octanol–water partition coefficient (Wildman–Crippen LogP) is 1.53. The minimum absolute atomic E-state index is 0.0608. The lowest BCUT2D eigenvalue weighted by Gasteiger charge is -2.21. The van der Waals surface area contributed by atoms with Crippen molar-refractivity contribution in [3.05, 3.63) is 29.8 Å². The summed E-state index contributed by atoms with van der Waals surface area (Å²) in [5.74, 6) is 0. The van der Waals surface area contributed by atoms with Crippen molar-refractivity contribution in [1.29, 1.82) is 5.26 Å². The van der Waals surface area contributed by atoms with Gasteiger partial charge in [0.05, 0.1) is 16.4 Å². The molecular formula is C13H19N3O2S. The Bertz CT molecular complexity index is 588. The molecule has 1 aromatic rings. The minimum Gasteiger partial charge on any atom is -0.309 e. The van der Waals surface area contributed by atoms with Gasteiger partial charge in [-0.1, -0.05) is 12.1 Å². The van der Waals surface area contributed by atoms with Crippen LogP contribution in [0.1, 0.15) is 32.4 Å². The molecule has 0 saturated heterocycles. The Morgan fingerprint density at radius 3 is 2.63 bits per heavy atom. The summed E-state index contributed by atoms with van der Waals surface area (Å²) in [5, 5.41) is 17.3. The zero-order valence-electron chi connectivity index (χ0n) is 11.3. The zero-order chi connectivity index (χ0) is 14.7. The van der Waals surface area contributed by atoms with Crippen LogP contribution in [0.3, 0.4) is 0 Å². The van der Waals surface area contributed by atoms with E-state index in [1.54, 1.807) is 12.1 Å². The van der Waals surface area contributed by atoms with E-state index in [1.165, 1.54) is 6.07 Å². The lowest BCUT2D eigenvalue weighted by Crippen LogP contribution is -2.30. The predicted molar refractivity (Wildman–Crippen MR) is 73.6 cm³/mol. The van der Waals surface area contributed by atoms with Gasteiger partial charge >= 0.3 is 0 Å². The van der Waals surface area contributed by atoms with E-state index in [1.807, 2.05) is 26.8 Å². The fourth-order valence-electron chi connectivity index (χ4n) is 1.53. The highest BCUT2D eigenvalue weighted by atomic mass is 32.2. The number of hydrogen-bond acceptors (Lipinski definition) is 4. The van der Waals surface area contributed by atoms with Crippen molar-refractivity contribution in [2.75, 3.05) is 6.54 Å². The molecule has 3 N–H and O–H groups in total. The molecule has 0 aromatic heterocycles. The van der Waals surface area contributed by atoms with Gasteiger partial charge in [-0.05, 0) is 38.5 Å². The van der Waals surface area contributed by atoms with Crippen LogP contribution in [0.25, 0.3) is 0 Å². The number of nitrogens with one attached hydrogen (secondary N) is 1. The average molecular weight is 281 g/mol. The number of benzene rings is 1. The molecule has 0 radical (unpaired) electrons. The van der Waals surface area contributed by atoms with Crippen molar-refractivity contribution in [3.8, 4) is 6.07 Å². The van der Waals surface area contributed by atoms with Gasteiger partial charge in [-0.3, -0.25) is 0 Å². The third-order valence-corrected chi connectivity index (χ3v) is 3.75. The molecule has 1 atom stereocenters. The maximum atomic E-state index is 11.3. The fraction of sp³-hybridized carbons (Fsp3) is 0.462. The number of hydrogen-bond donors (Lipinski definition) is 2. The third kappa shape index (κ3) is 4.63. The van der Waals surface area contributed by atoms with Gasteiger partial charge in [0.1, 0.15) is 0 Å². The van der Waals surface area contributed by atoms with Gasteiger partial charge in [0.15, 0.2) is 0 Å². The number of sulfonamides is 1. The van der Waals surface area contributed by atoms with E-state index in [2.05, 4.69) is 11.4 Å². The van der Waals surface area contributed by atoms with Gasteiger partial charge in [-0.15, -0.1) is 0 Å². The van der Waals surface area contributed by atoms with Crippen LogP contribution in [-0.4, -0.2) is 15.0 Å². The van der Waals surface area contributed by atoms with Crippen LogP contribution in [0.4, 0.5) is 0 Å². The smallest absolute Gasteiger partial charge is 0.238 e. The summed E-state index contributed by atoms with van der Waals surface area (Å²) in [6, 6.07) is 8.64. The molecular weight excluding hydrogens is 262 g/mol. The highest BCUT2D eigenvalue weighted by Crippen LogP contribution is 2.19. The Labute approximate surface area is 114 Å². The van der Waals surface area contributed by atoms with E-state index in [0.717, 1.165) is 5.56 Å². The normalized spacial score (nSPS) is 13.8. The van der Waals surface area contributed by atoms with Gasteiger partial charge in [-0.2, -0.15) is 5.26 Å². The largest absolute Gasteiger partial charge is 0.309 e. The van der Waals surface area contributed by atoms with Crippen LogP contribution >= 0.6 is 0 Å². The van der Waals surface area contributed by atoms with Gasteiger partial charge in [0.2, 0.25) is 10.0 Å². The van der Waals surface area contributed by atoms with E-state index in [-0.39, 0.29) is 10.9 Å². The molecule has 0 aliphatic rings. The molecule has 0 fully saturated rings. The summed E-state index contributed by atoms with van der Waals surface area (Å²) in [7, 11) is -3.69. The van der Waals surface area contributed by atoms with Crippen LogP contribution in [0, 0.1) is 16.7 Å². The highest BCUT2D eigenvalue weighted by Gasteiger charge is 2.18. The molecule has 6 heteroatoms. The number of nitriles is 1. The molecule has 0 aliphatic heterocycles. The van der Waals surface area contributed by atoms with E-state index < -0.39 is 15.4 Å². The van der Waals surface area contributed by atoms with Crippen molar-refractivity contribution in [2.45, 2.75) is 31.7 Å². The third-order valence-electron chi connectivity index (χ3n) is 2.84. The average Bonchev–Trinajstić information content (AvgIpc) is 2.35. The molecule has 1 aromatic carbocycles. The van der Waals surface area contributed by atoms with Crippen LogP contribution in [0.2, 0.25) is 0 Å². The van der Waals surface area contributed by atoms with E-state index >= 15 is 0 Å². The Balaban J connectivity index is 2.85. The number of rotatable bonds is 5. The summed E-state index contributed by atoms with van der Waals surface area (Å²) in [5.41, 5.74) is 0.353. The van der Waals surface area contributed by atoms with Crippen LogP contribution in [-0.2, 0) is 10.0 Å². The summed E-state index contributed by atoms with van der Waals surface area (Å²) < 4.78 is 22.6. The molecule has 5 nitrogen and oxygen atoms in total. The second-order valence-corrected chi connectivity index (χ2v) is 6.78. The molecule has 1 unspecified atom stereocenters. The first-order valence-electron chi connectivity index (χ1n) is 5.93. The number of primary sulfonamides is 1. The molecule has 1 rings (SSSR count). The molecule has 0 aliphatic carbocycles. The van der Waals surface area contributed by atoms with Crippen molar-refractivity contribution < 1.29 is 8.42 Å². The van der Waals surface area contributed by atoms with E-state index in [4.69, 9.17) is 10.4 Å². The first kappa shape index (κ1) is 15.6. The summed E-state index contributed by atoms with van der Waals surface area (Å²) in [6.45, 7) is 6.11. The van der Waals surface area contributed by atoms with Crippen molar-refractivity contribution in [2.24, 2.45) is 10.6 Å². The van der Waals surface area contributed by atoms with Gasteiger partial charge in [0.25, 0.3) is 0 Å². The second-order valence-electron chi connectivity index (χ2n) is 5.22. The number of nitrogens with zero attached hydrogens (tertiary/aromatic N) is 1. The lowest BCUT2D eigenvalue weighted by molar-refractivity contribution is 0.415. The second kappa shape index (κ2) is 5.70. The topological polar surface area (TPSA) is 96.0 Å². The SMILES string of the molecule is CC(NCC(C)(C)C#N)c1cccc(S(N)(=O)=O)c1. The summed E-state index contributed by atoms with van der Waals surface area (Å²) in [6.07, 6.45) is 0. The minimum atomic E-state index is -3.69. The lowest BCUT2D eigenvalue weighted by atomic mass is 9.95. The zero-order valence-corrected chi connectivity index (χ0v) is 12.2. The Kier molecular flexibility index (Phi) is 4.69. The Morgan fingerprint density at radius 1 is 1.47 bits per heavy atom. The first-order valence-corrected chi connectivity index (χ1v) is 7.48. The van der Waals surface area contributed by atoms with Gasteiger partial charge < -0.3 is 5.32 Å². The summed E-state index contributed by atoms with van der Waals surface area (Å²) >= 11 is 0. The maximum absolute atomic E-state index is 11.3. The number of nitrogens with two attached hydrogens (primary N) is 1. The molecule has 0 spiro atoms. The molecule has 0 amide bonds. The van der Waals surface area contributed by atoms with E-state index in [9.17, 15) is 8.42 Å².